The molecule has 0 radical (unpaired) electrons. The van der Waals surface area contributed by atoms with Gasteiger partial charge >= 0.3 is 11.9 Å². The molecule has 0 bridgehead atoms. The van der Waals surface area contributed by atoms with E-state index in [1.54, 1.807) is 72.8 Å². The van der Waals surface area contributed by atoms with Crippen LogP contribution in [0.5, 0.6) is 0 Å². The molecule has 0 aromatic heterocycles. The van der Waals surface area contributed by atoms with E-state index < -0.39 is 23.8 Å². The zero-order chi connectivity index (χ0) is 41.0. The smallest absolute Gasteiger partial charge is 0.308 e. The van der Waals surface area contributed by atoms with Crippen LogP contribution in [-0.2, 0) is 19.2 Å². The van der Waals surface area contributed by atoms with Crippen LogP contribution in [0, 0.1) is 11.8 Å². The topological polar surface area (TPSA) is 115 Å². The SMILES string of the molecule is O=C(O)C1CCCN(C(=O)/C=C/c2ccc(Sc3ccc(/C=C/C(=O)N4CCCC(C(=O)O)C4)c(-c4ccc(Cl)cc4Cl)c3Cl)c(Cl)c2-c2ccc(Cl)cc2Cl)C1. The van der Waals surface area contributed by atoms with E-state index in [2.05, 4.69) is 0 Å². The summed E-state index contributed by atoms with van der Waals surface area (Å²) in [5.74, 6) is -3.72. The Balaban J connectivity index is 1.37. The van der Waals surface area contributed by atoms with Gasteiger partial charge in [0.15, 0.2) is 0 Å². The Kier molecular flexibility index (Phi) is 14.3. The van der Waals surface area contributed by atoms with Gasteiger partial charge in [-0.25, -0.2) is 0 Å². The fourth-order valence-electron chi connectivity index (χ4n) is 6.92. The van der Waals surface area contributed by atoms with Crippen molar-refractivity contribution in [3.8, 4) is 22.3 Å². The highest BCUT2D eigenvalue weighted by Crippen LogP contribution is 2.48. The maximum atomic E-state index is 13.2. The molecule has 2 saturated heterocycles. The van der Waals surface area contributed by atoms with Crippen LogP contribution in [0.3, 0.4) is 0 Å². The molecule has 6 rings (SSSR count). The van der Waals surface area contributed by atoms with Gasteiger partial charge in [0.25, 0.3) is 0 Å². The largest absolute Gasteiger partial charge is 0.481 e. The molecule has 2 aliphatic heterocycles. The van der Waals surface area contributed by atoms with E-state index in [4.69, 9.17) is 69.6 Å². The lowest BCUT2D eigenvalue weighted by atomic mass is 9.97. The summed E-state index contributed by atoms with van der Waals surface area (Å²) in [6.07, 6.45) is 8.30. The minimum absolute atomic E-state index is 0.130. The number of amides is 2. The first-order chi connectivity index (χ1) is 27.2. The zero-order valence-corrected chi connectivity index (χ0v) is 35.3. The number of benzene rings is 4. The van der Waals surface area contributed by atoms with Gasteiger partial charge in [0.1, 0.15) is 0 Å². The van der Waals surface area contributed by atoms with Gasteiger partial charge in [0, 0.05) is 90.5 Å². The number of carbonyl (C=O) groups is 4. The van der Waals surface area contributed by atoms with Crippen LogP contribution in [0.25, 0.3) is 34.4 Å². The van der Waals surface area contributed by atoms with Gasteiger partial charge in [-0.1, -0.05) is 106 Å². The van der Waals surface area contributed by atoms with Crippen molar-refractivity contribution in [3.63, 3.8) is 0 Å². The van der Waals surface area contributed by atoms with E-state index in [9.17, 15) is 29.4 Å². The standard InChI is InChI=1S/C42H34Cl6N2O6S/c43-27-9-11-29(31(45)19-27)37-23(7-15-35(51)49-17-1-3-25(21-49)41(53)54)5-13-33(39(37)47)57-34-14-6-24(38(40(34)48)30-12-10-28(44)20-32(30)46)8-16-36(52)50-18-2-4-26(22-50)42(55)56/h5-16,19-20,25-26H,1-4,17-18,21-22H2,(H,53,54)(H,55,56)/b15-7+,16-8+. The molecule has 0 spiro atoms. The Morgan fingerprint density at radius 3 is 1.37 bits per heavy atom. The van der Waals surface area contributed by atoms with Gasteiger partial charge in [0.2, 0.25) is 11.8 Å². The molecule has 2 heterocycles. The summed E-state index contributed by atoms with van der Waals surface area (Å²) in [7, 11) is 0. The van der Waals surface area contributed by atoms with Crippen molar-refractivity contribution in [2.75, 3.05) is 26.2 Å². The third-order valence-electron chi connectivity index (χ3n) is 9.87. The molecule has 0 saturated carbocycles. The van der Waals surface area contributed by atoms with Crippen molar-refractivity contribution in [2.24, 2.45) is 11.8 Å². The first-order valence-corrected chi connectivity index (χ1v) is 20.9. The molecular weight excluding hydrogens is 873 g/mol. The summed E-state index contributed by atoms with van der Waals surface area (Å²) in [5.41, 5.74) is 3.37. The van der Waals surface area contributed by atoms with Crippen molar-refractivity contribution in [2.45, 2.75) is 35.5 Å². The lowest BCUT2D eigenvalue weighted by Crippen LogP contribution is -2.41. The van der Waals surface area contributed by atoms with Crippen LogP contribution in [-0.4, -0.2) is 69.9 Å². The summed E-state index contributed by atoms with van der Waals surface area (Å²) in [6, 6.07) is 17.2. The number of halogens is 6. The maximum Gasteiger partial charge on any atom is 0.308 e. The number of carboxylic acids is 2. The van der Waals surface area contributed by atoms with Crippen molar-refractivity contribution < 1.29 is 29.4 Å². The first kappa shape index (κ1) is 42.9. The molecule has 296 valence electrons. The molecule has 2 aliphatic rings. The summed E-state index contributed by atoms with van der Waals surface area (Å²) >= 11 is 41.7. The van der Waals surface area contributed by atoms with Crippen LogP contribution in [0.2, 0.25) is 30.1 Å². The van der Waals surface area contributed by atoms with Crippen LogP contribution < -0.4 is 0 Å². The van der Waals surface area contributed by atoms with E-state index in [0.29, 0.717) is 112 Å². The van der Waals surface area contributed by atoms with Crippen LogP contribution >= 0.6 is 81.4 Å². The minimum atomic E-state index is -0.925. The number of carbonyl (C=O) groups excluding carboxylic acids is 2. The van der Waals surface area contributed by atoms with Crippen molar-refractivity contribution >= 4 is 117 Å². The number of hydrogen-bond acceptors (Lipinski definition) is 5. The number of piperidine rings is 2. The Bertz CT molecular complexity index is 2160. The molecule has 4 aromatic rings. The van der Waals surface area contributed by atoms with Crippen LogP contribution in [0.4, 0.5) is 0 Å². The monoisotopic (exact) mass is 904 g/mol. The molecule has 57 heavy (non-hydrogen) atoms. The third-order valence-corrected chi connectivity index (χ3v) is 13.1. The molecule has 4 aromatic carbocycles. The van der Waals surface area contributed by atoms with Gasteiger partial charge in [-0.05, 0) is 85.4 Å². The fourth-order valence-corrected chi connectivity index (χ4v) is 9.60. The van der Waals surface area contributed by atoms with Gasteiger partial charge in [-0.3, -0.25) is 19.2 Å². The van der Waals surface area contributed by atoms with Crippen LogP contribution in [0.15, 0.2) is 82.6 Å². The van der Waals surface area contributed by atoms with E-state index in [1.807, 2.05) is 0 Å². The van der Waals surface area contributed by atoms with Crippen LogP contribution in [0.1, 0.15) is 36.8 Å². The highest BCUT2D eigenvalue weighted by atomic mass is 35.5. The molecule has 0 aliphatic carbocycles. The second-order valence-electron chi connectivity index (χ2n) is 13.6. The average molecular weight is 908 g/mol. The van der Waals surface area contributed by atoms with E-state index in [-0.39, 0.29) is 24.9 Å². The number of likely N-dealkylation sites (tertiary alicyclic amines) is 2. The molecule has 2 fully saturated rings. The second kappa shape index (κ2) is 18.9. The molecule has 8 nitrogen and oxygen atoms in total. The molecule has 2 atom stereocenters. The van der Waals surface area contributed by atoms with Gasteiger partial charge < -0.3 is 20.0 Å². The van der Waals surface area contributed by atoms with Crippen molar-refractivity contribution in [1.29, 1.82) is 0 Å². The highest BCUT2D eigenvalue weighted by Gasteiger charge is 2.29. The number of hydrogen-bond donors (Lipinski definition) is 2. The summed E-state index contributed by atoms with van der Waals surface area (Å²) in [4.78, 5) is 54.0. The minimum Gasteiger partial charge on any atom is -0.481 e. The fraction of sp³-hybridized carbons (Fsp3) is 0.238. The predicted octanol–water partition coefficient (Wildman–Crippen LogP) is 11.8. The van der Waals surface area contributed by atoms with Gasteiger partial charge in [-0.2, -0.15) is 0 Å². The summed E-state index contributed by atoms with van der Waals surface area (Å²) in [6.45, 7) is 1.18. The lowest BCUT2D eigenvalue weighted by Gasteiger charge is -2.29. The van der Waals surface area contributed by atoms with E-state index >= 15 is 0 Å². The molecule has 2 unspecified atom stereocenters. The van der Waals surface area contributed by atoms with Gasteiger partial charge in [0.05, 0.1) is 21.9 Å². The number of rotatable bonds is 10. The van der Waals surface area contributed by atoms with Gasteiger partial charge in [-0.15, -0.1) is 0 Å². The van der Waals surface area contributed by atoms with E-state index in [1.165, 1.54) is 33.7 Å². The number of nitrogens with zero attached hydrogens (tertiary/aromatic N) is 2. The zero-order valence-electron chi connectivity index (χ0n) is 30.0. The molecular formula is C42H34Cl6N2O6S. The average Bonchev–Trinajstić information content (AvgIpc) is 3.18. The Labute approximate surface area is 363 Å². The van der Waals surface area contributed by atoms with Crippen molar-refractivity contribution in [3.05, 3.63) is 114 Å². The number of carboxylic acid groups (broad SMARTS) is 2. The summed E-state index contributed by atoms with van der Waals surface area (Å²) in [5, 5.41) is 21.2. The van der Waals surface area contributed by atoms with E-state index in [0.717, 1.165) is 0 Å². The predicted molar refractivity (Wildman–Crippen MR) is 230 cm³/mol. The normalized spacial score (nSPS) is 17.4. The van der Waals surface area contributed by atoms with Crippen molar-refractivity contribution in [1.82, 2.24) is 9.80 Å². The second-order valence-corrected chi connectivity index (χ2v) is 17.2. The highest BCUT2D eigenvalue weighted by molar-refractivity contribution is 7.99. The Morgan fingerprint density at radius 1 is 0.596 bits per heavy atom. The Hall–Kier alpha value is -3.67. The molecule has 15 heteroatoms. The molecule has 2 N–H and O–H groups in total. The molecule has 2 amide bonds. The number of aliphatic carboxylic acids is 2. The quantitative estimate of drug-likeness (QED) is 0.152. The summed E-state index contributed by atoms with van der Waals surface area (Å²) < 4.78 is 0. The Morgan fingerprint density at radius 2 is 1.00 bits per heavy atom. The third kappa shape index (κ3) is 10.1. The first-order valence-electron chi connectivity index (χ1n) is 17.8. The maximum absolute atomic E-state index is 13.2. The lowest BCUT2D eigenvalue weighted by molar-refractivity contribution is -0.146.